The third kappa shape index (κ3) is 2.52. The van der Waals surface area contributed by atoms with Crippen molar-refractivity contribution in [2.45, 2.75) is 38.8 Å². The minimum Gasteiger partial charge on any atom is -0.478 e. The van der Waals surface area contributed by atoms with Gasteiger partial charge in [0, 0.05) is 31.2 Å². The second-order valence-electron chi connectivity index (χ2n) is 5.44. The molecule has 2 atom stereocenters. The van der Waals surface area contributed by atoms with Crippen LogP contribution in [-0.2, 0) is 0 Å². The predicted molar refractivity (Wildman–Crippen MR) is 74.6 cm³/mol. The minimum absolute atomic E-state index is 0.499. The standard InChI is InChI=1S/C14H22N4O/c1-3-19-14-7-13(15-10-16-14)18-9-12-5-4-6-17(12)8-11(18)2/h7,10-12H,3-6,8-9H2,1-2H3/t11-,12-/m1/s1. The fourth-order valence-electron chi connectivity index (χ4n) is 3.22. The Morgan fingerprint density at radius 3 is 3.11 bits per heavy atom. The van der Waals surface area contributed by atoms with Gasteiger partial charge in [-0.2, -0.15) is 0 Å². The lowest BCUT2D eigenvalue weighted by atomic mass is 10.1. The molecule has 5 heteroatoms. The second kappa shape index (κ2) is 5.33. The van der Waals surface area contributed by atoms with E-state index in [0.717, 1.165) is 18.9 Å². The molecule has 5 nitrogen and oxygen atoms in total. The van der Waals surface area contributed by atoms with Gasteiger partial charge < -0.3 is 9.64 Å². The summed E-state index contributed by atoms with van der Waals surface area (Å²) >= 11 is 0. The average Bonchev–Trinajstić information content (AvgIpc) is 2.85. The van der Waals surface area contributed by atoms with Crippen molar-refractivity contribution in [2.24, 2.45) is 0 Å². The van der Waals surface area contributed by atoms with Gasteiger partial charge in [-0.15, -0.1) is 0 Å². The van der Waals surface area contributed by atoms with Crippen LogP contribution in [0.1, 0.15) is 26.7 Å². The number of aromatic nitrogens is 2. The minimum atomic E-state index is 0.499. The highest BCUT2D eigenvalue weighted by molar-refractivity contribution is 5.43. The summed E-state index contributed by atoms with van der Waals surface area (Å²) in [6.07, 6.45) is 4.25. The summed E-state index contributed by atoms with van der Waals surface area (Å²) in [6.45, 7) is 8.36. The summed E-state index contributed by atoms with van der Waals surface area (Å²) < 4.78 is 5.47. The van der Waals surface area contributed by atoms with Gasteiger partial charge in [-0.25, -0.2) is 9.97 Å². The van der Waals surface area contributed by atoms with Crippen LogP contribution >= 0.6 is 0 Å². The highest BCUT2D eigenvalue weighted by Gasteiger charge is 2.34. The zero-order chi connectivity index (χ0) is 13.2. The van der Waals surface area contributed by atoms with E-state index < -0.39 is 0 Å². The number of ether oxygens (including phenoxy) is 1. The van der Waals surface area contributed by atoms with Crippen molar-refractivity contribution in [3.63, 3.8) is 0 Å². The third-order valence-electron chi connectivity index (χ3n) is 4.15. The summed E-state index contributed by atoms with van der Waals surface area (Å²) in [7, 11) is 0. The predicted octanol–water partition coefficient (Wildman–Crippen LogP) is 1.55. The number of anilines is 1. The van der Waals surface area contributed by atoms with E-state index in [9.17, 15) is 0 Å². The molecular weight excluding hydrogens is 240 g/mol. The zero-order valence-electron chi connectivity index (χ0n) is 11.7. The van der Waals surface area contributed by atoms with Crippen LogP contribution in [0.3, 0.4) is 0 Å². The van der Waals surface area contributed by atoms with Crippen LogP contribution in [0.2, 0.25) is 0 Å². The maximum atomic E-state index is 5.47. The molecule has 104 valence electrons. The Bertz CT molecular complexity index is 439. The molecule has 0 spiro atoms. The van der Waals surface area contributed by atoms with Gasteiger partial charge in [-0.1, -0.05) is 0 Å². The van der Waals surface area contributed by atoms with Crippen LogP contribution in [0.5, 0.6) is 5.88 Å². The molecule has 0 radical (unpaired) electrons. The van der Waals surface area contributed by atoms with Crippen molar-refractivity contribution < 1.29 is 4.74 Å². The van der Waals surface area contributed by atoms with Crippen molar-refractivity contribution in [3.05, 3.63) is 12.4 Å². The van der Waals surface area contributed by atoms with Crippen molar-refractivity contribution in [2.75, 3.05) is 31.1 Å². The molecule has 0 aliphatic carbocycles. The molecule has 2 aliphatic heterocycles. The van der Waals surface area contributed by atoms with Gasteiger partial charge in [0.1, 0.15) is 12.1 Å². The first kappa shape index (κ1) is 12.7. The van der Waals surface area contributed by atoms with Crippen molar-refractivity contribution >= 4 is 5.82 Å². The Hall–Kier alpha value is -1.36. The summed E-state index contributed by atoms with van der Waals surface area (Å²) in [4.78, 5) is 13.6. The number of hydrogen-bond donors (Lipinski definition) is 0. The third-order valence-corrected chi connectivity index (χ3v) is 4.15. The van der Waals surface area contributed by atoms with E-state index in [1.807, 2.05) is 13.0 Å². The highest BCUT2D eigenvalue weighted by Crippen LogP contribution is 2.28. The van der Waals surface area contributed by atoms with Gasteiger partial charge in [-0.3, -0.25) is 4.90 Å². The van der Waals surface area contributed by atoms with Gasteiger partial charge in [0.25, 0.3) is 0 Å². The SMILES string of the molecule is CCOc1cc(N2C[C@H]3CCCN3C[C@H]2C)ncn1. The van der Waals surface area contributed by atoms with Crippen LogP contribution in [0, 0.1) is 0 Å². The number of fused-ring (bicyclic) bond motifs is 1. The smallest absolute Gasteiger partial charge is 0.218 e. The Labute approximate surface area is 114 Å². The summed E-state index contributed by atoms with van der Waals surface area (Å²) in [5.41, 5.74) is 0. The van der Waals surface area contributed by atoms with Crippen LogP contribution in [0.15, 0.2) is 12.4 Å². The maximum absolute atomic E-state index is 5.47. The van der Waals surface area contributed by atoms with E-state index in [0.29, 0.717) is 24.6 Å². The molecule has 0 saturated carbocycles. The maximum Gasteiger partial charge on any atom is 0.218 e. The molecule has 0 aromatic carbocycles. The summed E-state index contributed by atoms with van der Waals surface area (Å²) in [5, 5.41) is 0. The second-order valence-corrected chi connectivity index (χ2v) is 5.44. The van der Waals surface area contributed by atoms with E-state index in [1.54, 1.807) is 6.33 Å². The van der Waals surface area contributed by atoms with E-state index in [2.05, 4.69) is 26.7 Å². The molecule has 0 unspecified atom stereocenters. The lowest BCUT2D eigenvalue weighted by Gasteiger charge is -2.42. The van der Waals surface area contributed by atoms with Crippen LogP contribution < -0.4 is 9.64 Å². The molecule has 1 aromatic rings. The monoisotopic (exact) mass is 262 g/mol. The number of rotatable bonds is 3. The topological polar surface area (TPSA) is 41.5 Å². The first-order chi connectivity index (χ1) is 9.28. The van der Waals surface area contributed by atoms with Gasteiger partial charge in [0.05, 0.1) is 6.61 Å². The molecule has 0 bridgehead atoms. The first-order valence-corrected chi connectivity index (χ1v) is 7.23. The molecule has 3 heterocycles. The Kier molecular flexibility index (Phi) is 3.55. The molecule has 0 amide bonds. The Balaban J connectivity index is 1.78. The molecule has 1 aromatic heterocycles. The molecule has 2 aliphatic rings. The fourth-order valence-corrected chi connectivity index (χ4v) is 3.22. The molecule has 2 saturated heterocycles. The van der Waals surface area contributed by atoms with Crippen molar-refractivity contribution in [3.8, 4) is 5.88 Å². The first-order valence-electron chi connectivity index (χ1n) is 7.23. The van der Waals surface area contributed by atoms with Crippen molar-refractivity contribution in [1.82, 2.24) is 14.9 Å². The van der Waals surface area contributed by atoms with E-state index in [1.165, 1.54) is 19.4 Å². The largest absolute Gasteiger partial charge is 0.478 e. The van der Waals surface area contributed by atoms with E-state index in [4.69, 9.17) is 4.74 Å². The quantitative estimate of drug-likeness (QED) is 0.826. The van der Waals surface area contributed by atoms with Gasteiger partial charge in [0.15, 0.2) is 0 Å². The number of hydrogen-bond acceptors (Lipinski definition) is 5. The fraction of sp³-hybridized carbons (Fsp3) is 0.714. The Morgan fingerprint density at radius 2 is 2.26 bits per heavy atom. The summed E-state index contributed by atoms with van der Waals surface area (Å²) in [6, 6.07) is 3.16. The van der Waals surface area contributed by atoms with E-state index in [-0.39, 0.29) is 0 Å². The zero-order valence-corrected chi connectivity index (χ0v) is 11.7. The lowest BCUT2D eigenvalue weighted by Crippen LogP contribution is -2.55. The van der Waals surface area contributed by atoms with Crippen LogP contribution in [0.25, 0.3) is 0 Å². The molecule has 3 rings (SSSR count). The summed E-state index contributed by atoms with van der Waals surface area (Å²) in [5.74, 6) is 1.67. The van der Waals surface area contributed by atoms with Gasteiger partial charge in [-0.05, 0) is 33.2 Å². The number of piperazine rings is 1. The average molecular weight is 262 g/mol. The molecule has 2 fully saturated rings. The highest BCUT2D eigenvalue weighted by atomic mass is 16.5. The van der Waals surface area contributed by atoms with E-state index >= 15 is 0 Å². The number of nitrogens with zero attached hydrogens (tertiary/aromatic N) is 4. The molecular formula is C14H22N4O. The Morgan fingerprint density at radius 1 is 1.37 bits per heavy atom. The van der Waals surface area contributed by atoms with Crippen molar-refractivity contribution in [1.29, 1.82) is 0 Å². The lowest BCUT2D eigenvalue weighted by molar-refractivity contribution is 0.202. The van der Waals surface area contributed by atoms with Crippen LogP contribution in [0.4, 0.5) is 5.82 Å². The van der Waals surface area contributed by atoms with Crippen LogP contribution in [-0.4, -0.2) is 53.2 Å². The van der Waals surface area contributed by atoms with Gasteiger partial charge >= 0.3 is 0 Å². The molecule has 0 N–H and O–H groups in total. The molecule has 19 heavy (non-hydrogen) atoms. The normalized spacial score (nSPS) is 27.4. The van der Waals surface area contributed by atoms with Gasteiger partial charge in [0.2, 0.25) is 5.88 Å².